The Morgan fingerprint density at radius 3 is 2.54 bits per heavy atom. The lowest BCUT2D eigenvalue weighted by molar-refractivity contribution is -0.132. The van der Waals surface area contributed by atoms with Crippen molar-refractivity contribution in [1.82, 2.24) is 14.8 Å². The molecule has 7 heteroatoms. The lowest BCUT2D eigenvalue weighted by atomic mass is 9.87. The van der Waals surface area contributed by atoms with E-state index in [9.17, 15) is 9.59 Å². The lowest BCUT2D eigenvalue weighted by Gasteiger charge is -2.21. The molecule has 0 aliphatic heterocycles. The molecule has 3 aromatic rings. The van der Waals surface area contributed by atoms with Crippen LogP contribution < -0.4 is 10.1 Å². The number of aryl methyl sites for hydroxylation is 1. The highest BCUT2D eigenvalue weighted by atomic mass is 16.5. The average Bonchev–Trinajstić information content (AvgIpc) is 3.25. The van der Waals surface area contributed by atoms with Crippen molar-refractivity contribution < 1.29 is 19.1 Å². The Balaban J connectivity index is 2.02. The largest absolute Gasteiger partial charge is 0.483 e. The number of fused-ring (bicyclic) bond motifs is 1. The quantitative estimate of drug-likeness (QED) is 0.187. The number of esters is 1. The summed E-state index contributed by atoms with van der Waals surface area (Å²) in [5.41, 5.74) is 4.79. The van der Waals surface area contributed by atoms with Gasteiger partial charge in [0.1, 0.15) is 5.75 Å². The van der Waals surface area contributed by atoms with Gasteiger partial charge in [0, 0.05) is 37.1 Å². The van der Waals surface area contributed by atoms with Crippen LogP contribution in [-0.4, -0.2) is 62.2 Å². The van der Waals surface area contributed by atoms with Crippen LogP contribution in [0.1, 0.15) is 74.2 Å². The smallest absolute Gasteiger partial charge is 0.337 e. The number of nitrogens with zero attached hydrogens (tertiary/aromatic N) is 2. The molecule has 0 saturated carbocycles. The maximum absolute atomic E-state index is 12.8. The molecular formula is C32H45N3O4. The molecule has 1 heterocycles. The molecule has 0 radical (unpaired) electrons. The Bertz CT molecular complexity index is 1250. The maximum Gasteiger partial charge on any atom is 0.337 e. The first kappa shape index (κ1) is 30.2. The van der Waals surface area contributed by atoms with Crippen LogP contribution in [0.15, 0.2) is 42.5 Å². The standard InChI is InChI=1S/C32H45N3O4/c1-7-9-14-23(8-2)30-25-18-17-24(32(37)38-6)21-27(25)35(5)31(30)26-15-10-11-16-28(26)39-22-29(36)34(4)20-13-12-19-33-3/h10-11,15-18,21,23,33H,7-9,12-14,19-20,22H2,1-6H3. The Morgan fingerprint density at radius 1 is 1.08 bits per heavy atom. The van der Waals surface area contributed by atoms with Crippen molar-refractivity contribution >= 4 is 22.8 Å². The summed E-state index contributed by atoms with van der Waals surface area (Å²) < 4.78 is 13.3. The van der Waals surface area contributed by atoms with Crippen molar-refractivity contribution in [1.29, 1.82) is 0 Å². The third-order valence-corrected chi connectivity index (χ3v) is 7.56. The molecule has 1 unspecified atom stereocenters. The third kappa shape index (κ3) is 7.21. The van der Waals surface area contributed by atoms with E-state index in [1.165, 1.54) is 12.7 Å². The molecule has 1 atom stereocenters. The molecule has 1 amide bonds. The second-order valence-electron chi connectivity index (χ2n) is 10.2. The predicted octanol–water partition coefficient (Wildman–Crippen LogP) is 6.15. The fourth-order valence-electron chi connectivity index (χ4n) is 5.27. The van der Waals surface area contributed by atoms with Gasteiger partial charge in [0.05, 0.1) is 18.4 Å². The number of benzene rings is 2. The van der Waals surface area contributed by atoms with Crippen LogP contribution in [-0.2, 0) is 16.6 Å². The monoisotopic (exact) mass is 535 g/mol. The fourth-order valence-corrected chi connectivity index (χ4v) is 5.27. The fraction of sp³-hybridized carbons (Fsp3) is 0.500. The van der Waals surface area contributed by atoms with E-state index in [0.29, 0.717) is 23.8 Å². The van der Waals surface area contributed by atoms with E-state index in [2.05, 4.69) is 29.8 Å². The van der Waals surface area contributed by atoms with E-state index in [4.69, 9.17) is 9.47 Å². The van der Waals surface area contributed by atoms with Gasteiger partial charge in [-0.2, -0.15) is 0 Å². The van der Waals surface area contributed by atoms with Gasteiger partial charge in [0.2, 0.25) is 0 Å². The molecule has 2 aromatic carbocycles. The van der Waals surface area contributed by atoms with Crippen LogP contribution in [0.25, 0.3) is 22.2 Å². The van der Waals surface area contributed by atoms with Gasteiger partial charge in [0.15, 0.2) is 6.61 Å². The van der Waals surface area contributed by atoms with Gasteiger partial charge in [-0.1, -0.05) is 44.9 Å². The summed E-state index contributed by atoms with van der Waals surface area (Å²) in [6.45, 7) is 6.09. The van der Waals surface area contributed by atoms with Crippen molar-refractivity contribution in [3.63, 3.8) is 0 Å². The number of methoxy groups -OCH3 is 1. The van der Waals surface area contributed by atoms with Gasteiger partial charge in [-0.15, -0.1) is 0 Å². The van der Waals surface area contributed by atoms with E-state index in [0.717, 1.165) is 67.2 Å². The zero-order valence-corrected chi connectivity index (χ0v) is 24.5. The van der Waals surface area contributed by atoms with Gasteiger partial charge in [-0.3, -0.25) is 4.79 Å². The average molecular weight is 536 g/mol. The zero-order valence-electron chi connectivity index (χ0n) is 24.5. The lowest BCUT2D eigenvalue weighted by Crippen LogP contribution is -2.32. The van der Waals surface area contributed by atoms with Crippen molar-refractivity contribution in [2.45, 2.75) is 58.3 Å². The van der Waals surface area contributed by atoms with Gasteiger partial charge < -0.3 is 24.3 Å². The van der Waals surface area contributed by atoms with Crippen LogP contribution >= 0.6 is 0 Å². The van der Waals surface area contributed by atoms with Crippen LogP contribution in [0.5, 0.6) is 5.75 Å². The highest BCUT2D eigenvalue weighted by molar-refractivity contribution is 5.99. The Kier molecular flexibility index (Phi) is 11.4. The Morgan fingerprint density at radius 2 is 1.85 bits per heavy atom. The van der Waals surface area contributed by atoms with Gasteiger partial charge in [-0.25, -0.2) is 4.79 Å². The molecule has 212 valence electrons. The second-order valence-corrected chi connectivity index (χ2v) is 10.2. The third-order valence-electron chi connectivity index (χ3n) is 7.56. The maximum atomic E-state index is 12.8. The number of unbranched alkanes of at least 4 members (excludes halogenated alkanes) is 2. The minimum atomic E-state index is -0.350. The Labute approximate surface area is 233 Å². The summed E-state index contributed by atoms with van der Waals surface area (Å²) in [7, 11) is 7.21. The number of carbonyl (C=O) groups excluding carboxylic acids is 2. The summed E-state index contributed by atoms with van der Waals surface area (Å²) >= 11 is 0. The molecule has 0 aliphatic rings. The predicted molar refractivity (Wildman–Crippen MR) is 159 cm³/mol. The van der Waals surface area contributed by atoms with Crippen molar-refractivity contribution in [2.75, 3.05) is 40.9 Å². The van der Waals surface area contributed by atoms with E-state index in [1.54, 1.807) is 4.90 Å². The molecule has 0 aliphatic carbocycles. The molecule has 0 spiro atoms. The molecule has 7 nitrogen and oxygen atoms in total. The van der Waals surface area contributed by atoms with Crippen LogP contribution in [0.4, 0.5) is 0 Å². The van der Waals surface area contributed by atoms with Crippen molar-refractivity contribution in [3.8, 4) is 17.0 Å². The second kappa shape index (κ2) is 14.7. The molecule has 39 heavy (non-hydrogen) atoms. The topological polar surface area (TPSA) is 72.8 Å². The molecular weight excluding hydrogens is 490 g/mol. The number of rotatable bonds is 15. The number of amides is 1. The van der Waals surface area contributed by atoms with Crippen molar-refractivity contribution in [2.24, 2.45) is 7.05 Å². The minimum absolute atomic E-state index is 0.0155. The molecule has 0 fully saturated rings. The number of ether oxygens (including phenoxy) is 2. The van der Waals surface area contributed by atoms with Gasteiger partial charge in [-0.05, 0) is 75.0 Å². The molecule has 1 N–H and O–H groups in total. The number of likely N-dealkylation sites (N-methyl/N-ethyl adjacent to an activating group) is 1. The first-order valence-electron chi connectivity index (χ1n) is 14.2. The molecule has 3 rings (SSSR count). The summed E-state index contributed by atoms with van der Waals surface area (Å²) in [5.74, 6) is 0.645. The minimum Gasteiger partial charge on any atom is -0.483 e. The van der Waals surface area contributed by atoms with Crippen LogP contribution in [0.3, 0.4) is 0 Å². The highest BCUT2D eigenvalue weighted by Crippen LogP contribution is 2.44. The molecule has 0 bridgehead atoms. The summed E-state index contributed by atoms with van der Waals surface area (Å²) in [6.07, 6.45) is 6.33. The SMILES string of the molecule is CCCCC(CC)c1c(-c2ccccc2OCC(=O)N(C)CCCCNC)n(C)c2cc(C(=O)OC)ccc12. The first-order chi connectivity index (χ1) is 18.9. The molecule has 0 saturated heterocycles. The summed E-state index contributed by atoms with van der Waals surface area (Å²) in [4.78, 5) is 26.9. The first-order valence-corrected chi connectivity index (χ1v) is 14.2. The zero-order chi connectivity index (χ0) is 28.4. The van der Waals surface area contributed by atoms with Gasteiger partial charge >= 0.3 is 5.97 Å². The van der Waals surface area contributed by atoms with E-state index >= 15 is 0 Å². The van der Waals surface area contributed by atoms with Crippen molar-refractivity contribution in [3.05, 3.63) is 53.6 Å². The van der Waals surface area contributed by atoms with Crippen LogP contribution in [0, 0.1) is 0 Å². The molecule has 1 aromatic heterocycles. The number of hydrogen-bond donors (Lipinski definition) is 1. The number of hydrogen-bond acceptors (Lipinski definition) is 5. The number of para-hydroxylation sites is 1. The highest BCUT2D eigenvalue weighted by Gasteiger charge is 2.25. The van der Waals surface area contributed by atoms with Crippen LogP contribution in [0.2, 0.25) is 0 Å². The van der Waals surface area contributed by atoms with E-state index < -0.39 is 0 Å². The number of nitrogens with one attached hydrogen (secondary N) is 1. The number of aromatic nitrogens is 1. The van der Waals surface area contributed by atoms with Gasteiger partial charge in [0.25, 0.3) is 5.91 Å². The normalized spacial score (nSPS) is 11.9. The van der Waals surface area contributed by atoms with E-state index in [-0.39, 0.29) is 18.5 Å². The summed E-state index contributed by atoms with van der Waals surface area (Å²) in [5, 5.41) is 4.27. The van der Waals surface area contributed by atoms with E-state index in [1.807, 2.05) is 57.5 Å². The summed E-state index contributed by atoms with van der Waals surface area (Å²) in [6, 6.07) is 13.8. The Hall–Kier alpha value is -3.32. The number of carbonyl (C=O) groups is 2.